The Morgan fingerprint density at radius 3 is 1.32 bits per heavy atom. The molecule has 0 saturated carbocycles. The molecule has 0 saturated heterocycles. The summed E-state index contributed by atoms with van der Waals surface area (Å²) in [5.41, 5.74) is 2.34. The van der Waals surface area contributed by atoms with Crippen molar-refractivity contribution in [3.63, 3.8) is 0 Å². The standard InChI is InChI=1S/C26H18Cl4O4/c27-19-11-13-21(17-7-3-1-4-8-17)25(29,15-19)23(31)33-34-24(32)26(30)16-20(28)12-14-22(26)18-9-5-2-6-10-18/h1-14H,15-16H2. The molecule has 4 nitrogen and oxygen atoms in total. The van der Waals surface area contributed by atoms with Gasteiger partial charge in [0.1, 0.15) is 0 Å². The molecule has 2 aliphatic rings. The molecule has 0 N–H and O–H groups in total. The van der Waals surface area contributed by atoms with Crippen LogP contribution in [0.25, 0.3) is 11.1 Å². The molecule has 0 radical (unpaired) electrons. The van der Waals surface area contributed by atoms with Crippen molar-refractivity contribution in [2.24, 2.45) is 0 Å². The van der Waals surface area contributed by atoms with Crippen molar-refractivity contribution in [2.75, 3.05) is 0 Å². The smallest absolute Gasteiger partial charge is 0.245 e. The molecule has 0 heterocycles. The van der Waals surface area contributed by atoms with Gasteiger partial charge < -0.3 is 0 Å². The Balaban J connectivity index is 1.56. The van der Waals surface area contributed by atoms with Crippen LogP contribution in [0.1, 0.15) is 24.0 Å². The van der Waals surface area contributed by atoms with Gasteiger partial charge in [-0.15, -0.1) is 23.2 Å². The first-order valence-electron chi connectivity index (χ1n) is 10.3. The Morgan fingerprint density at radius 2 is 0.971 bits per heavy atom. The van der Waals surface area contributed by atoms with E-state index in [0.29, 0.717) is 32.3 Å². The van der Waals surface area contributed by atoms with Gasteiger partial charge in [0.2, 0.25) is 0 Å². The third-order valence-corrected chi connectivity index (χ3v) is 7.05. The molecule has 0 fully saturated rings. The van der Waals surface area contributed by atoms with Crippen molar-refractivity contribution in [3.05, 3.63) is 106 Å². The van der Waals surface area contributed by atoms with E-state index in [1.54, 1.807) is 48.6 Å². The number of allylic oxidation sites excluding steroid dienone is 6. The van der Waals surface area contributed by atoms with Crippen molar-refractivity contribution >= 4 is 69.5 Å². The van der Waals surface area contributed by atoms with Crippen molar-refractivity contribution in [1.29, 1.82) is 0 Å². The summed E-state index contributed by atoms with van der Waals surface area (Å²) in [6.45, 7) is 0. The number of benzene rings is 2. The van der Waals surface area contributed by atoms with Gasteiger partial charge >= 0.3 is 11.9 Å². The zero-order chi connectivity index (χ0) is 24.3. The molecule has 2 aliphatic carbocycles. The molecule has 0 aliphatic heterocycles. The highest BCUT2D eigenvalue weighted by atomic mass is 35.5. The molecule has 174 valence electrons. The van der Waals surface area contributed by atoms with E-state index in [1.165, 1.54) is 0 Å². The molecule has 4 rings (SSSR count). The molecule has 2 atom stereocenters. The largest absolute Gasteiger partial charge is 0.381 e. The lowest BCUT2D eigenvalue weighted by Crippen LogP contribution is -2.41. The van der Waals surface area contributed by atoms with Gasteiger partial charge in [0.05, 0.1) is 0 Å². The van der Waals surface area contributed by atoms with Crippen LogP contribution >= 0.6 is 46.4 Å². The van der Waals surface area contributed by atoms with E-state index in [1.807, 2.05) is 36.4 Å². The quantitative estimate of drug-likeness (QED) is 0.237. The number of halogens is 4. The van der Waals surface area contributed by atoms with Crippen LogP contribution in [0.3, 0.4) is 0 Å². The zero-order valence-corrected chi connectivity index (χ0v) is 20.7. The first-order chi connectivity index (χ1) is 16.2. The summed E-state index contributed by atoms with van der Waals surface area (Å²) < 4.78 is 0. The fourth-order valence-corrected chi connectivity index (χ4v) is 5.20. The third kappa shape index (κ3) is 4.82. The number of hydrogen-bond donors (Lipinski definition) is 0. The Morgan fingerprint density at radius 1 is 0.618 bits per heavy atom. The molecule has 2 aromatic carbocycles. The number of hydrogen-bond acceptors (Lipinski definition) is 4. The predicted molar refractivity (Wildman–Crippen MR) is 135 cm³/mol. The van der Waals surface area contributed by atoms with Crippen LogP contribution in [0.2, 0.25) is 0 Å². The minimum atomic E-state index is -1.70. The Labute approximate surface area is 217 Å². The van der Waals surface area contributed by atoms with E-state index in [9.17, 15) is 9.59 Å². The summed E-state index contributed by atoms with van der Waals surface area (Å²) >= 11 is 25.8. The Kier molecular flexibility index (Phi) is 7.25. The molecular weight excluding hydrogens is 518 g/mol. The normalized spacial score (nSPS) is 24.2. The second kappa shape index (κ2) is 10.0. The maximum atomic E-state index is 13.1. The van der Waals surface area contributed by atoms with Crippen molar-refractivity contribution < 1.29 is 19.4 Å². The van der Waals surface area contributed by atoms with E-state index >= 15 is 0 Å². The topological polar surface area (TPSA) is 52.6 Å². The molecule has 2 aromatic rings. The van der Waals surface area contributed by atoms with E-state index in [-0.39, 0.29) is 12.8 Å². The van der Waals surface area contributed by atoms with Crippen LogP contribution in [-0.4, -0.2) is 21.7 Å². The van der Waals surface area contributed by atoms with Crippen molar-refractivity contribution in [1.82, 2.24) is 0 Å². The lowest BCUT2D eigenvalue weighted by molar-refractivity contribution is -0.261. The average Bonchev–Trinajstić information content (AvgIpc) is 2.83. The minimum Gasteiger partial charge on any atom is -0.245 e. The second-order valence-electron chi connectivity index (χ2n) is 7.82. The first kappa shape index (κ1) is 24.6. The van der Waals surface area contributed by atoms with Crippen molar-refractivity contribution in [3.8, 4) is 0 Å². The van der Waals surface area contributed by atoms with Gasteiger partial charge in [0.15, 0.2) is 9.75 Å². The summed E-state index contributed by atoms with van der Waals surface area (Å²) in [7, 11) is 0. The first-order valence-corrected chi connectivity index (χ1v) is 11.8. The highest BCUT2D eigenvalue weighted by molar-refractivity contribution is 6.44. The predicted octanol–water partition coefficient (Wildman–Crippen LogP) is 7.16. The van der Waals surface area contributed by atoms with Gasteiger partial charge in [-0.1, -0.05) is 96.0 Å². The van der Waals surface area contributed by atoms with Crippen LogP contribution in [0, 0.1) is 0 Å². The number of alkyl halides is 2. The average molecular weight is 536 g/mol. The fraction of sp³-hybridized carbons (Fsp3) is 0.154. The summed E-state index contributed by atoms with van der Waals surface area (Å²) in [6.07, 6.45) is 6.52. The molecule has 2 unspecified atom stereocenters. The summed E-state index contributed by atoms with van der Waals surface area (Å²) in [6, 6.07) is 18.1. The summed E-state index contributed by atoms with van der Waals surface area (Å²) in [4.78, 5) is 32.7. The number of rotatable bonds is 4. The van der Waals surface area contributed by atoms with E-state index < -0.39 is 21.7 Å². The fourth-order valence-electron chi connectivity index (χ4n) is 3.84. The van der Waals surface area contributed by atoms with Gasteiger partial charge in [0.25, 0.3) is 0 Å². The third-order valence-electron chi connectivity index (χ3n) is 5.55. The van der Waals surface area contributed by atoms with Gasteiger partial charge in [-0.25, -0.2) is 19.4 Å². The van der Waals surface area contributed by atoms with E-state index in [4.69, 9.17) is 56.2 Å². The Bertz CT molecular complexity index is 1140. The lowest BCUT2D eigenvalue weighted by atomic mass is 9.85. The van der Waals surface area contributed by atoms with Crippen molar-refractivity contribution in [2.45, 2.75) is 22.6 Å². The number of carbonyl (C=O) groups excluding carboxylic acids is 2. The molecule has 0 aromatic heterocycles. The maximum absolute atomic E-state index is 13.1. The second-order valence-corrected chi connectivity index (χ2v) is 10.1. The Hall–Kier alpha value is -2.50. The lowest BCUT2D eigenvalue weighted by Gasteiger charge is -2.31. The molecule has 0 bridgehead atoms. The van der Waals surface area contributed by atoms with Gasteiger partial charge in [-0.05, 0) is 34.4 Å². The van der Waals surface area contributed by atoms with Crippen LogP contribution < -0.4 is 0 Å². The van der Waals surface area contributed by atoms with Crippen LogP contribution in [-0.2, 0) is 19.4 Å². The van der Waals surface area contributed by atoms with Crippen LogP contribution in [0.15, 0.2) is 95.0 Å². The summed E-state index contributed by atoms with van der Waals surface area (Å²) in [5.74, 6) is -1.99. The molecule has 0 spiro atoms. The highest BCUT2D eigenvalue weighted by Crippen LogP contribution is 2.45. The number of carbonyl (C=O) groups is 2. The molecular formula is C26H18Cl4O4. The maximum Gasteiger partial charge on any atom is 0.381 e. The molecule has 34 heavy (non-hydrogen) atoms. The minimum absolute atomic E-state index is 0.0387. The molecule has 0 amide bonds. The van der Waals surface area contributed by atoms with Crippen LogP contribution in [0.5, 0.6) is 0 Å². The zero-order valence-electron chi connectivity index (χ0n) is 17.6. The van der Waals surface area contributed by atoms with Gasteiger partial charge in [0, 0.05) is 22.9 Å². The molecule has 8 heteroatoms. The monoisotopic (exact) mass is 534 g/mol. The highest BCUT2D eigenvalue weighted by Gasteiger charge is 2.49. The van der Waals surface area contributed by atoms with Crippen LogP contribution in [0.4, 0.5) is 0 Å². The van der Waals surface area contributed by atoms with E-state index in [0.717, 1.165) is 0 Å². The SMILES string of the molecule is O=C(OOC(=O)C1(Cl)CC(Cl)=CC=C1c1ccccc1)C1(Cl)CC(Cl)=CC=C1c1ccccc1. The van der Waals surface area contributed by atoms with Gasteiger partial charge in [-0.3, -0.25) is 0 Å². The van der Waals surface area contributed by atoms with E-state index in [2.05, 4.69) is 0 Å². The van der Waals surface area contributed by atoms with Gasteiger partial charge in [-0.2, -0.15) is 0 Å². The summed E-state index contributed by atoms with van der Waals surface area (Å²) in [5, 5.41) is 0.704.